The van der Waals surface area contributed by atoms with Gasteiger partial charge in [0.25, 0.3) is 0 Å². The van der Waals surface area contributed by atoms with E-state index >= 15 is 0 Å². The van der Waals surface area contributed by atoms with Crippen LogP contribution in [-0.4, -0.2) is 31.8 Å². The number of hydrogen-bond donors (Lipinski definition) is 2. The summed E-state index contributed by atoms with van der Waals surface area (Å²) >= 11 is 5.92. The Morgan fingerprint density at radius 2 is 1.91 bits per heavy atom. The zero-order valence-electron chi connectivity index (χ0n) is 12.8. The molecule has 2 aliphatic carbocycles. The third-order valence-corrected chi connectivity index (χ3v) is 6.59. The molecule has 0 unspecified atom stereocenters. The molecule has 0 saturated heterocycles. The van der Waals surface area contributed by atoms with Crippen molar-refractivity contribution in [1.82, 2.24) is 10.0 Å². The van der Waals surface area contributed by atoms with Crippen molar-refractivity contribution in [2.75, 3.05) is 6.54 Å². The third kappa shape index (κ3) is 4.22. The maximum atomic E-state index is 11.9. The molecule has 2 aliphatic rings. The van der Waals surface area contributed by atoms with Gasteiger partial charge in [0.05, 0.1) is 5.25 Å². The zero-order chi connectivity index (χ0) is 15.8. The highest BCUT2D eigenvalue weighted by Gasteiger charge is 2.43. The van der Waals surface area contributed by atoms with E-state index in [4.69, 9.17) is 11.6 Å². The monoisotopic (exact) mass is 342 g/mol. The molecule has 0 aliphatic heterocycles. The predicted octanol–water partition coefficient (Wildman–Crippen LogP) is 2.48. The van der Waals surface area contributed by atoms with Crippen LogP contribution in [0, 0.1) is 0 Å². The Kier molecular flexibility index (Phi) is 4.52. The molecule has 0 spiro atoms. The van der Waals surface area contributed by atoms with Crippen molar-refractivity contribution in [2.24, 2.45) is 0 Å². The van der Waals surface area contributed by atoms with E-state index in [2.05, 4.69) is 22.2 Å². The van der Waals surface area contributed by atoms with Crippen LogP contribution in [0.2, 0.25) is 5.02 Å². The molecule has 4 nitrogen and oxygen atoms in total. The van der Waals surface area contributed by atoms with Gasteiger partial charge in [0.2, 0.25) is 10.0 Å². The number of nitrogens with one attached hydrogen (secondary N) is 2. The Morgan fingerprint density at radius 1 is 1.27 bits per heavy atom. The topological polar surface area (TPSA) is 58.2 Å². The van der Waals surface area contributed by atoms with Gasteiger partial charge in [-0.3, -0.25) is 0 Å². The molecule has 2 saturated carbocycles. The van der Waals surface area contributed by atoms with Gasteiger partial charge >= 0.3 is 0 Å². The second kappa shape index (κ2) is 6.11. The van der Waals surface area contributed by atoms with Gasteiger partial charge in [-0.2, -0.15) is 0 Å². The first-order valence-corrected chi connectivity index (χ1v) is 9.82. The molecule has 1 atom stereocenters. The van der Waals surface area contributed by atoms with Crippen molar-refractivity contribution >= 4 is 21.6 Å². The van der Waals surface area contributed by atoms with Crippen LogP contribution >= 0.6 is 11.6 Å². The first-order valence-electron chi connectivity index (χ1n) is 7.89. The van der Waals surface area contributed by atoms with Crippen molar-refractivity contribution in [2.45, 2.75) is 55.9 Å². The average molecular weight is 343 g/mol. The van der Waals surface area contributed by atoms with Crippen LogP contribution < -0.4 is 10.0 Å². The molecule has 122 valence electrons. The Morgan fingerprint density at radius 3 is 2.45 bits per heavy atom. The van der Waals surface area contributed by atoms with E-state index in [1.165, 1.54) is 5.56 Å². The van der Waals surface area contributed by atoms with Crippen LogP contribution in [0.25, 0.3) is 0 Å². The largest absolute Gasteiger partial charge is 0.307 e. The van der Waals surface area contributed by atoms with Crippen LogP contribution in [0.15, 0.2) is 24.3 Å². The van der Waals surface area contributed by atoms with Crippen LogP contribution in [0.3, 0.4) is 0 Å². The summed E-state index contributed by atoms with van der Waals surface area (Å²) in [6.45, 7) is 2.50. The second-order valence-electron chi connectivity index (χ2n) is 6.72. The van der Waals surface area contributed by atoms with Crippen molar-refractivity contribution < 1.29 is 8.42 Å². The lowest BCUT2D eigenvalue weighted by molar-refractivity contribution is 0.421. The van der Waals surface area contributed by atoms with Gasteiger partial charge in [-0.15, -0.1) is 0 Å². The number of halogens is 1. The maximum Gasteiger partial charge on any atom is 0.214 e. The van der Waals surface area contributed by atoms with Crippen molar-refractivity contribution in [1.29, 1.82) is 0 Å². The summed E-state index contributed by atoms with van der Waals surface area (Å²) in [5.74, 6) is 0. The molecule has 1 aromatic carbocycles. The summed E-state index contributed by atoms with van der Waals surface area (Å²) in [7, 11) is -3.09. The number of sulfonamides is 1. The Bertz CT molecular complexity index is 622. The van der Waals surface area contributed by atoms with Gasteiger partial charge in [0.15, 0.2) is 0 Å². The molecule has 22 heavy (non-hydrogen) atoms. The molecule has 2 fully saturated rings. The molecular formula is C16H23ClN2O2S. The maximum absolute atomic E-state index is 11.9. The van der Waals surface area contributed by atoms with Gasteiger partial charge in [0.1, 0.15) is 0 Å². The Balaban J connectivity index is 1.50. The van der Waals surface area contributed by atoms with E-state index in [0.717, 1.165) is 37.1 Å². The fraction of sp³-hybridized carbons (Fsp3) is 0.625. The highest BCUT2D eigenvalue weighted by atomic mass is 35.5. The van der Waals surface area contributed by atoms with Gasteiger partial charge in [0, 0.05) is 23.1 Å². The highest BCUT2D eigenvalue weighted by Crippen LogP contribution is 2.39. The van der Waals surface area contributed by atoms with Gasteiger partial charge in [-0.05, 0) is 56.7 Å². The fourth-order valence-electron chi connectivity index (χ4n) is 2.83. The third-order valence-electron chi connectivity index (χ3n) is 4.42. The lowest BCUT2D eigenvalue weighted by Crippen LogP contribution is -2.46. The van der Waals surface area contributed by atoms with Crippen molar-refractivity contribution in [3.05, 3.63) is 34.9 Å². The van der Waals surface area contributed by atoms with Crippen LogP contribution in [0.5, 0.6) is 0 Å². The molecule has 0 amide bonds. The Hall–Kier alpha value is -0.620. The van der Waals surface area contributed by atoms with E-state index in [1.807, 2.05) is 19.1 Å². The minimum absolute atomic E-state index is 0.123. The lowest BCUT2D eigenvalue weighted by Gasteiger charge is -2.23. The molecule has 3 rings (SSSR count). The fourth-order valence-corrected chi connectivity index (χ4v) is 4.43. The number of rotatable bonds is 8. The number of benzene rings is 1. The van der Waals surface area contributed by atoms with E-state index in [0.29, 0.717) is 6.54 Å². The Labute approximate surface area is 137 Å². The lowest BCUT2D eigenvalue weighted by atomic mass is 10.0. The summed E-state index contributed by atoms with van der Waals surface area (Å²) in [5.41, 5.74) is 1.39. The van der Waals surface area contributed by atoms with Crippen LogP contribution in [0.4, 0.5) is 0 Å². The molecule has 0 heterocycles. The molecule has 0 radical (unpaired) electrons. The first kappa shape index (κ1) is 16.2. The summed E-state index contributed by atoms with van der Waals surface area (Å²) in [6.07, 6.45) is 4.84. The van der Waals surface area contributed by atoms with Gasteiger partial charge < -0.3 is 5.32 Å². The summed E-state index contributed by atoms with van der Waals surface area (Å²) < 4.78 is 26.4. The van der Waals surface area contributed by atoms with Gasteiger partial charge in [-0.1, -0.05) is 23.7 Å². The number of hydrogen-bond acceptors (Lipinski definition) is 3. The minimum Gasteiger partial charge on any atom is -0.307 e. The van der Waals surface area contributed by atoms with Crippen LogP contribution in [-0.2, 0) is 16.4 Å². The summed E-state index contributed by atoms with van der Waals surface area (Å²) in [6, 6.07) is 8.08. The van der Waals surface area contributed by atoms with E-state index in [1.54, 1.807) is 0 Å². The predicted molar refractivity (Wildman–Crippen MR) is 89.7 cm³/mol. The SMILES string of the molecule is C[C@@H](CNS(=O)(=O)C1CC1)NC1(Cc2ccc(Cl)cc2)CC1. The average Bonchev–Trinajstić information content (AvgIpc) is 3.34. The van der Waals surface area contributed by atoms with E-state index in [-0.39, 0.29) is 16.8 Å². The van der Waals surface area contributed by atoms with Crippen LogP contribution in [0.1, 0.15) is 38.2 Å². The molecule has 6 heteroatoms. The molecular weight excluding hydrogens is 320 g/mol. The smallest absolute Gasteiger partial charge is 0.214 e. The highest BCUT2D eigenvalue weighted by molar-refractivity contribution is 7.90. The molecule has 1 aromatic rings. The summed E-state index contributed by atoms with van der Waals surface area (Å²) in [5, 5.41) is 4.21. The first-order chi connectivity index (χ1) is 10.4. The molecule has 2 N–H and O–H groups in total. The van der Waals surface area contributed by atoms with E-state index in [9.17, 15) is 8.42 Å². The van der Waals surface area contributed by atoms with Crippen molar-refractivity contribution in [3.63, 3.8) is 0 Å². The van der Waals surface area contributed by atoms with Gasteiger partial charge in [-0.25, -0.2) is 13.1 Å². The van der Waals surface area contributed by atoms with E-state index < -0.39 is 10.0 Å². The second-order valence-corrected chi connectivity index (χ2v) is 9.20. The summed E-state index contributed by atoms with van der Waals surface area (Å²) in [4.78, 5) is 0. The standard InChI is InChI=1S/C16H23ClN2O2S/c1-12(11-18-22(20,21)15-6-7-15)19-16(8-9-16)10-13-2-4-14(17)5-3-13/h2-5,12,15,18-19H,6-11H2,1H3/t12-/m0/s1. The van der Waals surface area contributed by atoms with Crippen molar-refractivity contribution in [3.8, 4) is 0 Å². The molecule has 0 aromatic heterocycles. The normalized spacial score (nSPS) is 21.5. The zero-order valence-corrected chi connectivity index (χ0v) is 14.4. The quantitative estimate of drug-likeness (QED) is 0.763. The molecule has 0 bridgehead atoms. The minimum atomic E-state index is -3.09.